The second kappa shape index (κ2) is 7.91. The predicted molar refractivity (Wildman–Crippen MR) is 113 cm³/mol. The first-order valence-electron chi connectivity index (χ1n) is 7.68. The smallest absolute Gasteiger partial charge is 0.349 e. The van der Waals surface area contributed by atoms with Crippen molar-refractivity contribution in [3.05, 3.63) is 57.9 Å². The summed E-state index contributed by atoms with van der Waals surface area (Å²) in [5.74, 6) is -1.03. The number of esters is 1. The van der Waals surface area contributed by atoms with Crippen LogP contribution in [0.25, 0.3) is 10.1 Å². The van der Waals surface area contributed by atoms with E-state index in [1.807, 2.05) is 6.07 Å². The number of nitrogens with one attached hydrogen (secondary N) is 2. The number of primary amides is 1. The fourth-order valence-electron chi connectivity index (χ4n) is 2.46. The fraction of sp³-hybridized carbons (Fsp3) is 0.0556. The molecule has 3 rings (SSSR count). The van der Waals surface area contributed by atoms with E-state index in [-0.39, 0.29) is 0 Å². The number of anilines is 2. The Morgan fingerprint density at radius 1 is 1.19 bits per heavy atom. The highest BCUT2D eigenvalue weighted by Crippen LogP contribution is 2.37. The lowest BCUT2D eigenvalue weighted by molar-refractivity contribution is 0.0606. The van der Waals surface area contributed by atoms with Crippen LogP contribution in [0.1, 0.15) is 20.0 Å². The van der Waals surface area contributed by atoms with Crippen LogP contribution in [0.4, 0.5) is 11.4 Å². The molecule has 1 heterocycles. The van der Waals surface area contributed by atoms with E-state index >= 15 is 0 Å². The summed E-state index contributed by atoms with van der Waals surface area (Å²) in [6.45, 7) is 0. The summed E-state index contributed by atoms with van der Waals surface area (Å²) < 4.78 is 5.55. The Morgan fingerprint density at radius 2 is 1.93 bits per heavy atom. The minimum atomic E-state index is -0.550. The van der Waals surface area contributed by atoms with Crippen LogP contribution in [0.2, 0.25) is 5.02 Å². The molecule has 0 bridgehead atoms. The summed E-state index contributed by atoms with van der Waals surface area (Å²) in [6, 6.07) is 12.2. The highest BCUT2D eigenvalue weighted by Gasteiger charge is 2.18. The number of rotatable bonds is 4. The second-order valence-electron chi connectivity index (χ2n) is 5.44. The average molecular weight is 420 g/mol. The van der Waals surface area contributed by atoms with Gasteiger partial charge in [-0.2, -0.15) is 0 Å². The first kappa shape index (κ1) is 19.1. The molecule has 0 unspecified atom stereocenters. The molecule has 4 N–H and O–H groups in total. The zero-order valence-electron chi connectivity index (χ0n) is 14.0. The van der Waals surface area contributed by atoms with Crippen molar-refractivity contribution in [3.63, 3.8) is 0 Å². The molecule has 0 atom stereocenters. The summed E-state index contributed by atoms with van der Waals surface area (Å²) in [7, 11) is 1.31. The Balaban J connectivity index is 1.81. The zero-order valence-corrected chi connectivity index (χ0v) is 16.4. The molecule has 0 saturated heterocycles. The van der Waals surface area contributed by atoms with E-state index in [0.29, 0.717) is 32.0 Å². The SMILES string of the molecule is COC(=O)c1sc2cc(NC(=S)Nc3ccccc3C(N)=O)ccc2c1Cl. The van der Waals surface area contributed by atoms with Gasteiger partial charge in [-0.05, 0) is 42.5 Å². The number of nitrogens with two attached hydrogens (primary N) is 1. The molecule has 1 amide bonds. The van der Waals surface area contributed by atoms with Gasteiger partial charge in [0, 0.05) is 15.8 Å². The van der Waals surface area contributed by atoms with Gasteiger partial charge in [0.2, 0.25) is 0 Å². The topological polar surface area (TPSA) is 93.4 Å². The largest absolute Gasteiger partial charge is 0.465 e. The minimum absolute atomic E-state index is 0.291. The van der Waals surface area contributed by atoms with Crippen molar-refractivity contribution in [3.8, 4) is 0 Å². The lowest BCUT2D eigenvalue weighted by Gasteiger charge is -2.12. The number of hydrogen-bond donors (Lipinski definition) is 3. The van der Waals surface area contributed by atoms with Gasteiger partial charge in [0.05, 0.1) is 23.4 Å². The van der Waals surface area contributed by atoms with Gasteiger partial charge in [-0.25, -0.2) is 4.79 Å². The number of amides is 1. The molecule has 27 heavy (non-hydrogen) atoms. The monoisotopic (exact) mass is 419 g/mol. The van der Waals surface area contributed by atoms with Crippen LogP contribution < -0.4 is 16.4 Å². The van der Waals surface area contributed by atoms with E-state index in [1.54, 1.807) is 36.4 Å². The molecule has 0 saturated carbocycles. The summed E-state index contributed by atoms with van der Waals surface area (Å²) in [5, 5.41) is 7.40. The van der Waals surface area contributed by atoms with Gasteiger partial charge in [0.25, 0.3) is 5.91 Å². The molecule has 0 radical (unpaired) electrons. The number of halogens is 1. The van der Waals surface area contributed by atoms with Crippen LogP contribution in [-0.2, 0) is 4.74 Å². The van der Waals surface area contributed by atoms with Crippen molar-refractivity contribution in [2.24, 2.45) is 5.73 Å². The number of methoxy groups -OCH3 is 1. The lowest BCUT2D eigenvalue weighted by atomic mass is 10.1. The summed E-state index contributed by atoms with van der Waals surface area (Å²) >= 11 is 12.8. The molecule has 3 aromatic rings. The molecule has 9 heteroatoms. The third-order valence-corrected chi connectivity index (χ3v) is 5.54. The second-order valence-corrected chi connectivity index (χ2v) is 7.28. The minimum Gasteiger partial charge on any atom is -0.465 e. The van der Waals surface area contributed by atoms with E-state index in [0.717, 1.165) is 10.1 Å². The fourth-order valence-corrected chi connectivity index (χ4v) is 4.15. The third-order valence-electron chi connectivity index (χ3n) is 3.70. The van der Waals surface area contributed by atoms with Gasteiger partial charge in [-0.3, -0.25) is 4.79 Å². The number of fused-ring (bicyclic) bond motifs is 1. The van der Waals surface area contributed by atoms with Crippen LogP contribution >= 0.6 is 35.2 Å². The lowest BCUT2D eigenvalue weighted by Crippen LogP contribution is -2.22. The van der Waals surface area contributed by atoms with Gasteiger partial charge in [0.15, 0.2) is 5.11 Å². The third kappa shape index (κ3) is 4.02. The maximum Gasteiger partial charge on any atom is 0.349 e. The number of thiocarbonyl (C=S) groups is 1. The first-order chi connectivity index (χ1) is 12.9. The number of benzene rings is 2. The molecule has 138 valence electrons. The summed E-state index contributed by atoms with van der Waals surface area (Å²) in [6.07, 6.45) is 0. The Kier molecular flexibility index (Phi) is 5.59. The molecule has 0 aliphatic carbocycles. The highest BCUT2D eigenvalue weighted by atomic mass is 35.5. The van der Waals surface area contributed by atoms with Crippen LogP contribution in [-0.4, -0.2) is 24.1 Å². The number of carbonyl (C=O) groups is 2. The van der Waals surface area contributed by atoms with Gasteiger partial charge < -0.3 is 21.1 Å². The summed E-state index contributed by atoms with van der Waals surface area (Å²) in [4.78, 5) is 23.6. The van der Waals surface area contributed by atoms with Crippen LogP contribution in [0.15, 0.2) is 42.5 Å². The number of para-hydroxylation sites is 1. The standard InChI is InChI=1S/C18H14ClN3O3S2/c1-25-17(24)15-14(19)11-7-6-9(8-13(11)27-15)21-18(26)22-12-5-3-2-4-10(12)16(20)23/h2-8H,1H3,(H2,20,23)(H2,21,22,26). The van der Waals surface area contributed by atoms with Gasteiger partial charge >= 0.3 is 5.97 Å². The van der Waals surface area contributed by atoms with Crippen molar-refractivity contribution in [2.75, 3.05) is 17.7 Å². The van der Waals surface area contributed by atoms with E-state index in [9.17, 15) is 9.59 Å². The van der Waals surface area contributed by atoms with E-state index in [2.05, 4.69) is 10.6 Å². The Morgan fingerprint density at radius 3 is 2.63 bits per heavy atom. The normalized spacial score (nSPS) is 10.4. The quantitative estimate of drug-likeness (QED) is 0.432. The first-order valence-corrected chi connectivity index (χ1v) is 9.28. The maximum absolute atomic E-state index is 11.8. The van der Waals surface area contributed by atoms with E-state index in [1.165, 1.54) is 18.4 Å². The predicted octanol–water partition coefficient (Wildman–Crippen LogP) is 4.25. The Bertz CT molecular complexity index is 1070. The molecule has 0 aliphatic rings. The molecular formula is C18H14ClN3O3S2. The van der Waals surface area contributed by atoms with Crippen molar-refractivity contribution < 1.29 is 14.3 Å². The maximum atomic E-state index is 11.8. The van der Waals surface area contributed by atoms with Gasteiger partial charge in [-0.1, -0.05) is 23.7 Å². The van der Waals surface area contributed by atoms with Crippen LogP contribution in [0.5, 0.6) is 0 Å². The number of carbonyl (C=O) groups excluding carboxylic acids is 2. The molecule has 0 aliphatic heterocycles. The zero-order chi connectivity index (χ0) is 19.6. The van der Waals surface area contributed by atoms with E-state index < -0.39 is 11.9 Å². The Hall–Kier alpha value is -2.68. The van der Waals surface area contributed by atoms with E-state index in [4.69, 9.17) is 34.3 Å². The van der Waals surface area contributed by atoms with Crippen molar-refractivity contribution in [2.45, 2.75) is 0 Å². The average Bonchev–Trinajstić information content (AvgIpc) is 2.97. The van der Waals surface area contributed by atoms with Crippen molar-refractivity contribution >= 4 is 73.6 Å². The van der Waals surface area contributed by atoms with Crippen molar-refractivity contribution in [1.82, 2.24) is 0 Å². The Labute approximate surface area is 169 Å². The number of hydrogen-bond acceptors (Lipinski definition) is 5. The summed E-state index contributed by atoms with van der Waals surface area (Å²) in [5.41, 5.74) is 6.91. The molecule has 0 spiro atoms. The van der Waals surface area contributed by atoms with Gasteiger partial charge in [0.1, 0.15) is 4.88 Å². The molecule has 1 aromatic heterocycles. The van der Waals surface area contributed by atoms with Gasteiger partial charge in [-0.15, -0.1) is 11.3 Å². The molecule has 0 fully saturated rings. The van der Waals surface area contributed by atoms with Crippen LogP contribution in [0, 0.1) is 0 Å². The number of ether oxygens (including phenoxy) is 1. The highest BCUT2D eigenvalue weighted by molar-refractivity contribution is 7.80. The van der Waals surface area contributed by atoms with Crippen molar-refractivity contribution in [1.29, 1.82) is 0 Å². The molecular weight excluding hydrogens is 406 g/mol. The molecule has 2 aromatic carbocycles. The number of thiophene rings is 1. The van der Waals surface area contributed by atoms with Crippen LogP contribution in [0.3, 0.4) is 0 Å². The molecule has 6 nitrogen and oxygen atoms in total.